The zero-order chi connectivity index (χ0) is 19.2. The summed E-state index contributed by atoms with van der Waals surface area (Å²) in [6.45, 7) is -0.437. The van der Waals surface area contributed by atoms with Gasteiger partial charge in [-0.3, -0.25) is 9.69 Å². The van der Waals surface area contributed by atoms with Gasteiger partial charge in [-0.15, -0.1) is 0 Å². The molecule has 0 aromatic heterocycles. The van der Waals surface area contributed by atoms with Crippen LogP contribution in [0.3, 0.4) is 0 Å². The van der Waals surface area contributed by atoms with E-state index < -0.39 is 24.0 Å². The fraction of sp³-hybridized carbons (Fsp3) is 0.300. The molecular formula is C20H21FN2O4. The molecule has 0 aliphatic carbocycles. The summed E-state index contributed by atoms with van der Waals surface area (Å²) in [6.07, 6.45) is 0.0178. The number of β-amino-alcohol motifs (C(OH)–C–C–N with tert-alkyl or cyclic N) is 1. The Bertz CT molecular complexity index is 800. The molecule has 1 fully saturated rings. The lowest BCUT2D eigenvalue weighted by atomic mass is 10.1. The molecule has 0 bridgehead atoms. The number of imide groups is 1. The molecular weight excluding hydrogens is 351 g/mol. The molecule has 6 nitrogen and oxygen atoms in total. The third kappa shape index (κ3) is 4.83. The van der Waals surface area contributed by atoms with Crippen molar-refractivity contribution < 1.29 is 23.8 Å². The van der Waals surface area contributed by atoms with Gasteiger partial charge in [-0.25, -0.2) is 9.18 Å². The Morgan fingerprint density at radius 2 is 1.81 bits per heavy atom. The summed E-state index contributed by atoms with van der Waals surface area (Å²) < 4.78 is 18.7. The summed E-state index contributed by atoms with van der Waals surface area (Å²) in [5, 5.41) is 12.7. The molecule has 2 aromatic rings. The molecule has 27 heavy (non-hydrogen) atoms. The maximum atomic E-state index is 13.5. The van der Waals surface area contributed by atoms with Crippen LogP contribution in [0.1, 0.15) is 12.0 Å². The summed E-state index contributed by atoms with van der Waals surface area (Å²) in [5.74, 6) is -0.906. The lowest BCUT2D eigenvalue weighted by Crippen LogP contribution is -2.40. The number of ether oxygens (including phenoxy) is 1. The number of benzene rings is 2. The number of nitrogens with one attached hydrogen (secondary N) is 1. The highest BCUT2D eigenvalue weighted by molar-refractivity contribution is 6.04. The first kappa shape index (κ1) is 18.8. The molecule has 7 heteroatoms. The van der Waals surface area contributed by atoms with E-state index in [1.54, 1.807) is 6.07 Å². The number of aryl methyl sites for hydroxylation is 1. The molecule has 1 aliphatic heterocycles. The van der Waals surface area contributed by atoms with Crippen LogP contribution < -0.4 is 10.1 Å². The van der Waals surface area contributed by atoms with Crippen molar-refractivity contribution in [1.29, 1.82) is 0 Å². The Balaban J connectivity index is 1.50. The van der Waals surface area contributed by atoms with Crippen molar-refractivity contribution in [2.24, 2.45) is 0 Å². The Morgan fingerprint density at radius 3 is 2.56 bits per heavy atom. The van der Waals surface area contributed by atoms with Gasteiger partial charge in [-0.1, -0.05) is 42.5 Å². The van der Waals surface area contributed by atoms with Crippen molar-refractivity contribution in [2.75, 3.05) is 13.2 Å². The lowest BCUT2D eigenvalue weighted by Gasteiger charge is -2.18. The number of hydrogen-bond donors (Lipinski definition) is 2. The second-order valence-electron chi connectivity index (χ2n) is 6.37. The quantitative estimate of drug-likeness (QED) is 0.696. The first-order chi connectivity index (χ1) is 13.0. The second-order valence-corrected chi connectivity index (χ2v) is 6.37. The maximum absolute atomic E-state index is 13.5. The van der Waals surface area contributed by atoms with Crippen molar-refractivity contribution in [3.63, 3.8) is 0 Å². The molecule has 2 N–H and O–H groups in total. The van der Waals surface area contributed by atoms with E-state index in [0.717, 1.165) is 10.5 Å². The number of halogens is 1. The van der Waals surface area contributed by atoms with Gasteiger partial charge in [0.1, 0.15) is 18.8 Å². The number of carbonyl (C=O) groups is 2. The van der Waals surface area contributed by atoms with Crippen molar-refractivity contribution in [3.05, 3.63) is 66.0 Å². The van der Waals surface area contributed by atoms with E-state index in [4.69, 9.17) is 4.74 Å². The summed E-state index contributed by atoms with van der Waals surface area (Å²) in [4.78, 5) is 25.5. The zero-order valence-electron chi connectivity index (χ0n) is 14.7. The van der Waals surface area contributed by atoms with Gasteiger partial charge in [0, 0.05) is 0 Å². The van der Waals surface area contributed by atoms with E-state index in [1.807, 2.05) is 30.3 Å². The van der Waals surface area contributed by atoms with Gasteiger partial charge in [0.25, 0.3) is 5.91 Å². The lowest BCUT2D eigenvalue weighted by molar-refractivity contribution is -0.128. The van der Waals surface area contributed by atoms with Crippen molar-refractivity contribution in [1.82, 2.24) is 10.2 Å². The largest absolute Gasteiger partial charge is 0.488 e. The van der Waals surface area contributed by atoms with Crippen molar-refractivity contribution in [3.8, 4) is 5.75 Å². The van der Waals surface area contributed by atoms with Gasteiger partial charge in [0.2, 0.25) is 0 Å². The number of aliphatic hydroxyl groups excluding tert-OH is 1. The van der Waals surface area contributed by atoms with E-state index in [9.17, 15) is 19.1 Å². The van der Waals surface area contributed by atoms with Gasteiger partial charge in [0.05, 0.1) is 6.54 Å². The number of carbonyl (C=O) groups excluding carboxylic acids is 2. The molecule has 0 spiro atoms. The second kappa shape index (κ2) is 8.64. The van der Waals surface area contributed by atoms with Crippen LogP contribution in [0.15, 0.2) is 54.6 Å². The van der Waals surface area contributed by atoms with E-state index >= 15 is 0 Å². The molecule has 1 heterocycles. The van der Waals surface area contributed by atoms with Crippen LogP contribution in [0.2, 0.25) is 0 Å². The van der Waals surface area contributed by atoms with E-state index in [2.05, 4.69) is 5.32 Å². The van der Waals surface area contributed by atoms with Crippen molar-refractivity contribution in [2.45, 2.75) is 25.0 Å². The Kier molecular flexibility index (Phi) is 6.03. The predicted molar refractivity (Wildman–Crippen MR) is 96.7 cm³/mol. The summed E-state index contributed by atoms with van der Waals surface area (Å²) >= 11 is 0. The third-order valence-electron chi connectivity index (χ3n) is 4.33. The van der Waals surface area contributed by atoms with Crippen LogP contribution in [0.4, 0.5) is 9.18 Å². The normalized spacial score (nSPS) is 17.7. The van der Waals surface area contributed by atoms with Gasteiger partial charge in [0.15, 0.2) is 11.6 Å². The standard InChI is InChI=1S/C20H21FN2O4/c21-16-8-4-5-9-18(16)27-13-15(24)12-23-19(25)17(22-20(23)26)11-10-14-6-2-1-3-7-14/h1-9,15,17,24H,10-13H2,(H,22,26). The topological polar surface area (TPSA) is 78.9 Å². The van der Waals surface area contributed by atoms with Crippen LogP contribution in [0.5, 0.6) is 5.75 Å². The molecule has 3 amide bonds. The number of para-hydroxylation sites is 1. The highest BCUT2D eigenvalue weighted by Gasteiger charge is 2.38. The number of nitrogens with zero attached hydrogens (tertiary/aromatic N) is 1. The Hall–Kier alpha value is -2.93. The van der Waals surface area contributed by atoms with E-state index in [-0.39, 0.29) is 24.8 Å². The Labute approximate surface area is 156 Å². The molecule has 2 atom stereocenters. The molecule has 0 radical (unpaired) electrons. The number of urea groups is 1. The Morgan fingerprint density at radius 1 is 1.11 bits per heavy atom. The smallest absolute Gasteiger partial charge is 0.324 e. The van der Waals surface area contributed by atoms with Crippen LogP contribution in [-0.2, 0) is 11.2 Å². The first-order valence-electron chi connectivity index (χ1n) is 8.76. The zero-order valence-corrected chi connectivity index (χ0v) is 14.7. The van der Waals surface area contributed by atoms with Crippen LogP contribution in [0, 0.1) is 5.82 Å². The molecule has 2 unspecified atom stereocenters. The van der Waals surface area contributed by atoms with Crippen LogP contribution in [0.25, 0.3) is 0 Å². The molecule has 3 rings (SSSR count). The average molecular weight is 372 g/mol. The minimum atomic E-state index is -1.12. The molecule has 1 saturated heterocycles. The van der Waals surface area contributed by atoms with Gasteiger partial charge < -0.3 is 15.2 Å². The molecule has 142 valence electrons. The molecule has 0 saturated carbocycles. The monoisotopic (exact) mass is 372 g/mol. The molecule has 1 aliphatic rings. The first-order valence-corrected chi connectivity index (χ1v) is 8.76. The van der Waals surface area contributed by atoms with Gasteiger partial charge in [-0.05, 0) is 30.5 Å². The van der Waals surface area contributed by atoms with Gasteiger partial charge in [-0.2, -0.15) is 0 Å². The average Bonchev–Trinajstić information content (AvgIpc) is 2.94. The number of aliphatic hydroxyl groups is 1. The summed E-state index contributed by atoms with van der Waals surface area (Å²) in [7, 11) is 0. The SMILES string of the molecule is O=C1NC(CCc2ccccc2)C(=O)N1CC(O)COc1ccccc1F. The van der Waals surface area contributed by atoms with E-state index in [1.165, 1.54) is 18.2 Å². The fourth-order valence-electron chi connectivity index (χ4n) is 2.91. The summed E-state index contributed by atoms with van der Waals surface area (Å²) in [5.41, 5.74) is 1.08. The summed E-state index contributed by atoms with van der Waals surface area (Å²) in [6, 6.07) is 14.3. The number of amides is 3. The van der Waals surface area contributed by atoms with Crippen LogP contribution >= 0.6 is 0 Å². The molecule has 2 aromatic carbocycles. The maximum Gasteiger partial charge on any atom is 0.324 e. The predicted octanol–water partition coefficient (Wildman–Crippen LogP) is 2.12. The number of hydrogen-bond acceptors (Lipinski definition) is 4. The minimum absolute atomic E-state index is 0.00878. The number of rotatable bonds is 8. The van der Waals surface area contributed by atoms with Crippen LogP contribution in [-0.4, -0.2) is 47.2 Å². The highest BCUT2D eigenvalue weighted by atomic mass is 19.1. The fourth-order valence-corrected chi connectivity index (χ4v) is 2.91. The van der Waals surface area contributed by atoms with Crippen molar-refractivity contribution >= 4 is 11.9 Å². The van der Waals surface area contributed by atoms with Gasteiger partial charge >= 0.3 is 6.03 Å². The van der Waals surface area contributed by atoms with E-state index in [0.29, 0.717) is 12.8 Å². The highest BCUT2D eigenvalue weighted by Crippen LogP contribution is 2.17. The minimum Gasteiger partial charge on any atom is -0.488 e. The third-order valence-corrected chi connectivity index (χ3v) is 4.33.